The quantitative estimate of drug-likeness (QED) is 0.613. The van der Waals surface area contributed by atoms with Gasteiger partial charge in [0.05, 0.1) is 10.5 Å². The van der Waals surface area contributed by atoms with Gasteiger partial charge in [0.25, 0.3) is 11.6 Å². The highest BCUT2D eigenvalue weighted by molar-refractivity contribution is 5.95. The van der Waals surface area contributed by atoms with Crippen molar-refractivity contribution in [2.45, 2.75) is 12.5 Å². The molecule has 7 nitrogen and oxygen atoms in total. The molecule has 0 aliphatic carbocycles. The van der Waals surface area contributed by atoms with Gasteiger partial charge < -0.3 is 15.3 Å². The first-order valence-electron chi connectivity index (χ1n) is 5.82. The SMILES string of the molecule is CNC(=O)c1ccc(N2CC(C)(O)C2)c([N+](=O)[O-])c1. The van der Waals surface area contributed by atoms with Crippen molar-refractivity contribution in [1.82, 2.24) is 5.32 Å². The lowest BCUT2D eigenvalue weighted by atomic mass is 9.95. The second kappa shape index (κ2) is 4.51. The van der Waals surface area contributed by atoms with Crippen LogP contribution in [0.5, 0.6) is 0 Å². The molecule has 1 aromatic carbocycles. The topological polar surface area (TPSA) is 95.7 Å². The van der Waals surface area contributed by atoms with E-state index in [9.17, 15) is 20.0 Å². The number of carbonyl (C=O) groups is 1. The average molecular weight is 265 g/mol. The minimum absolute atomic E-state index is 0.128. The van der Waals surface area contributed by atoms with Gasteiger partial charge in [-0.25, -0.2) is 0 Å². The number of nitrogens with zero attached hydrogens (tertiary/aromatic N) is 2. The van der Waals surface area contributed by atoms with E-state index >= 15 is 0 Å². The molecule has 0 spiro atoms. The maximum absolute atomic E-state index is 11.5. The van der Waals surface area contributed by atoms with E-state index < -0.39 is 10.5 Å². The first kappa shape index (κ1) is 13.3. The molecule has 0 atom stereocenters. The number of nitro groups is 1. The summed E-state index contributed by atoms with van der Waals surface area (Å²) < 4.78 is 0. The zero-order valence-electron chi connectivity index (χ0n) is 10.7. The summed E-state index contributed by atoms with van der Waals surface area (Å²) in [5.41, 5.74) is -0.279. The van der Waals surface area contributed by atoms with Crippen LogP contribution in [0.1, 0.15) is 17.3 Å². The van der Waals surface area contributed by atoms with E-state index in [-0.39, 0.29) is 17.2 Å². The smallest absolute Gasteiger partial charge is 0.293 e. The summed E-state index contributed by atoms with van der Waals surface area (Å²) in [7, 11) is 1.47. The van der Waals surface area contributed by atoms with Gasteiger partial charge in [-0.1, -0.05) is 0 Å². The van der Waals surface area contributed by atoms with Crippen molar-refractivity contribution < 1.29 is 14.8 Å². The number of aliphatic hydroxyl groups is 1. The molecular formula is C12H15N3O4. The van der Waals surface area contributed by atoms with E-state index in [2.05, 4.69) is 5.32 Å². The summed E-state index contributed by atoms with van der Waals surface area (Å²) in [6.07, 6.45) is 0. The van der Waals surface area contributed by atoms with Gasteiger partial charge in [-0.05, 0) is 19.1 Å². The van der Waals surface area contributed by atoms with E-state index in [0.717, 1.165) is 0 Å². The Morgan fingerprint density at radius 1 is 1.53 bits per heavy atom. The normalized spacial score (nSPS) is 16.7. The van der Waals surface area contributed by atoms with Gasteiger partial charge in [-0.15, -0.1) is 0 Å². The van der Waals surface area contributed by atoms with E-state index in [1.54, 1.807) is 11.8 Å². The first-order chi connectivity index (χ1) is 8.84. The highest BCUT2D eigenvalue weighted by Crippen LogP contribution is 2.35. The first-order valence-corrected chi connectivity index (χ1v) is 5.82. The summed E-state index contributed by atoms with van der Waals surface area (Å²) >= 11 is 0. The molecule has 19 heavy (non-hydrogen) atoms. The van der Waals surface area contributed by atoms with Crippen LogP contribution in [0, 0.1) is 10.1 Å². The van der Waals surface area contributed by atoms with Crippen molar-refractivity contribution >= 4 is 17.3 Å². The number of amides is 1. The van der Waals surface area contributed by atoms with Crippen molar-refractivity contribution in [2.75, 3.05) is 25.0 Å². The predicted molar refractivity (Wildman–Crippen MR) is 69.3 cm³/mol. The molecule has 2 N–H and O–H groups in total. The number of benzene rings is 1. The lowest BCUT2D eigenvalue weighted by Gasteiger charge is -2.45. The van der Waals surface area contributed by atoms with Gasteiger partial charge >= 0.3 is 0 Å². The van der Waals surface area contributed by atoms with Crippen LogP contribution in [0.3, 0.4) is 0 Å². The third kappa shape index (κ3) is 2.50. The Hall–Kier alpha value is -2.15. The summed E-state index contributed by atoms with van der Waals surface area (Å²) in [5, 5.41) is 23.2. The lowest BCUT2D eigenvalue weighted by molar-refractivity contribution is -0.384. The molecule has 2 rings (SSSR count). The molecule has 1 aliphatic rings. The van der Waals surface area contributed by atoms with Gasteiger partial charge in [-0.2, -0.15) is 0 Å². The van der Waals surface area contributed by atoms with Crippen molar-refractivity contribution in [1.29, 1.82) is 0 Å². The monoisotopic (exact) mass is 265 g/mol. The highest BCUT2D eigenvalue weighted by Gasteiger charge is 2.39. The second-order valence-corrected chi connectivity index (χ2v) is 4.89. The lowest BCUT2D eigenvalue weighted by Crippen LogP contribution is -2.60. The Balaban J connectivity index is 2.34. The molecule has 1 amide bonds. The van der Waals surface area contributed by atoms with E-state index in [4.69, 9.17) is 0 Å². The molecule has 0 saturated carbocycles. The van der Waals surface area contributed by atoms with Crippen molar-refractivity contribution in [3.05, 3.63) is 33.9 Å². The van der Waals surface area contributed by atoms with Crippen LogP contribution in [0.2, 0.25) is 0 Å². The fraction of sp³-hybridized carbons (Fsp3) is 0.417. The molecule has 1 heterocycles. The van der Waals surface area contributed by atoms with Crippen molar-refractivity contribution in [2.24, 2.45) is 0 Å². The Morgan fingerprint density at radius 2 is 2.16 bits per heavy atom. The zero-order valence-corrected chi connectivity index (χ0v) is 10.7. The predicted octanol–water partition coefficient (Wildman–Crippen LogP) is 0.525. The van der Waals surface area contributed by atoms with Gasteiger partial charge in [0.1, 0.15) is 5.69 Å². The number of anilines is 1. The molecule has 1 aromatic rings. The Kier molecular flexibility index (Phi) is 3.15. The number of β-amino-alcohol motifs (C(OH)–C–C–N with tert-alkyl or cyclic N) is 1. The number of rotatable bonds is 3. The third-order valence-corrected chi connectivity index (χ3v) is 3.07. The molecule has 0 radical (unpaired) electrons. The number of carbonyl (C=O) groups excluding carboxylic acids is 1. The zero-order chi connectivity index (χ0) is 14.2. The number of nitro benzene ring substituents is 1. The van der Waals surface area contributed by atoms with Crippen LogP contribution in [-0.4, -0.2) is 41.7 Å². The summed E-state index contributed by atoms with van der Waals surface area (Å²) in [4.78, 5) is 23.7. The Labute approximate surface area is 110 Å². The van der Waals surface area contributed by atoms with E-state index in [1.165, 1.54) is 25.2 Å². The van der Waals surface area contributed by atoms with E-state index in [1.807, 2.05) is 0 Å². The molecule has 0 unspecified atom stereocenters. The van der Waals surface area contributed by atoms with Crippen LogP contribution in [0.15, 0.2) is 18.2 Å². The van der Waals surface area contributed by atoms with Gasteiger partial charge in [0.15, 0.2) is 0 Å². The fourth-order valence-corrected chi connectivity index (χ4v) is 2.17. The van der Waals surface area contributed by atoms with E-state index in [0.29, 0.717) is 18.8 Å². The molecule has 0 bridgehead atoms. The Bertz CT molecular complexity index is 534. The average Bonchev–Trinajstić information content (AvgIpc) is 2.34. The van der Waals surface area contributed by atoms with Gasteiger partial charge in [0, 0.05) is 31.8 Å². The Morgan fingerprint density at radius 3 is 2.63 bits per heavy atom. The van der Waals surface area contributed by atoms with Crippen LogP contribution >= 0.6 is 0 Å². The fourth-order valence-electron chi connectivity index (χ4n) is 2.17. The molecule has 1 aliphatic heterocycles. The number of nitrogens with one attached hydrogen (secondary N) is 1. The second-order valence-electron chi connectivity index (χ2n) is 4.89. The summed E-state index contributed by atoms with van der Waals surface area (Å²) in [6, 6.07) is 4.33. The van der Waals surface area contributed by atoms with Crippen LogP contribution < -0.4 is 10.2 Å². The molecule has 102 valence electrons. The molecule has 0 aromatic heterocycles. The molecule has 1 fully saturated rings. The summed E-state index contributed by atoms with van der Waals surface area (Å²) in [5.74, 6) is -0.370. The maximum atomic E-state index is 11.5. The molecular weight excluding hydrogens is 250 g/mol. The van der Waals surface area contributed by atoms with Gasteiger partial charge in [-0.3, -0.25) is 14.9 Å². The molecule has 1 saturated heterocycles. The number of hydrogen-bond acceptors (Lipinski definition) is 5. The summed E-state index contributed by atoms with van der Waals surface area (Å²) in [6.45, 7) is 2.36. The maximum Gasteiger partial charge on any atom is 0.293 e. The minimum atomic E-state index is -0.812. The number of hydrogen-bond donors (Lipinski definition) is 2. The highest BCUT2D eigenvalue weighted by atomic mass is 16.6. The van der Waals surface area contributed by atoms with Crippen molar-refractivity contribution in [3.63, 3.8) is 0 Å². The van der Waals surface area contributed by atoms with Crippen LogP contribution in [-0.2, 0) is 0 Å². The standard InChI is InChI=1S/C12H15N3O4/c1-12(17)6-14(7-12)9-4-3-8(11(16)13-2)5-10(9)15(18)19/h3-5,17H,6-7H2,1-2H3,(H,13,16). The van der Waals surface area contributed by atoms with Gasteiger partial charge in [0.2, 0.25) is 0 Å². The third-order valence-electron chi connectivity index (χ3n) is 3.07. The largest absolute Gasteiger partial charge is 0.386 e. The van der Waals surface area contributed by atoms with Crippen molar-refractivity contribution in [3.8, 4) is 0 Å². The van der Waals surface area contributed by atoms with Crippen LogP contribution in [0.25, 0.3) is 0 Å². The van der Waals surface area contributed by atoms with Crippen LogP contribution in [0.4, 0.5) is 11.4 Å². The molecule has 7 heteroatoms. The minimum Gasteiger partial charge on any atom is -0.386 e.